The van der Waals surface area contributed by atoms with Crippen LogP contribution in [0.15, 0.2) is 63.8 Å². The molecule has 0 spiro atoms. The predicted molar refractivity (Wildman–Crippen MR) is 111 cm³/mol. The van der Waals surface area contributed by atoms with Gasteiger partial charge in [0.1, 0.15) is 17.2 Å². The number of fused-ring (bicyclic) bond motifs is 1. The highest BCUT2D eigenvalue weighted by Crippen LogP contribution is 2.25. The van der Waals surface area contributed by atoms with Crippen LogP contribution in [0.2, 0.25) is 0 Å². The lowest BCUT2D eigenvalue weighted by Gasteiger charge is -2.21. The molecular formula is C23H20N2O3. The van der Waals surface area contributed by atoms with E-state index in [1.807, 2.05) is 56.3 Å². The number of allylic oxidation sites excluding steroid dienone is 1. The van der Waals surface area contributed by atoms with Gasteiger partial charge in [0.2, 0.25) is 0 Å². The zero-order valence-electron chi connectivity index (χ0n) is 15.8. The summed E-state index contributed by atoms with van der Waals surface area (Å²) in [5.41, 5.74) is 1.02. The average molecular weight is 372 g/mol. The number of hydrogen-bond acceptors (Lipinski definition) is 5. The van der Waals surface area contributed by atoms with Crippen LogP contribution in [-0.4, -0.2) is 18.9 Å². The predicted octanol–water partition coefficient (Wildman–Crippen LogP) is 4.41. The fourth-order valence-corrected chi connectivity index (χ4v) is 3.13. The van der Waals surface area contributed by atoms with Gasteiger partial charge in [-0.2, -0.15) is 5.26 Å². The Balaban J connectivity index is 2.08. The van der Waals surface area contributed by atoms with Crippen molar-refractivity contribution in [1.29, 1.82) is 5.26 Å². The second-order valence-corrected chi connectivity index (χ2v) is 6.21. The number of hydrogen-bond donors (Lipinski definition) is 0. The first-order chi connectivity index (χ1) is 13.6. The first-order valence-electron chi connectivity index (χ1n) is 9.12. The van der Waals surface area contributed by atoms with E-state index in [1.54, 1.807) is 18.2 Å². The molecule has 0 saturated carbocycles. The van der Waals surface area contributed by atoms with Gasteiger partial charge in [0.05, 0.1) is 5.56 Å². The van der Waals surface area contributed by atoms with Crippen LogP contribution in [-0.2, 0) is 0 Å². The van der Waals surface area contributed by atoms with Crippen molar-refractivity contribution in [3.63, 3.8) is 0 Å². The van der Waals surface area contributed by atoms with Crippen LogP contribution in [0.4, 0.5) is 5.69 Å². The van der Waals surface area contributed by atoms with Crippen molar-refractivity contribution in [2.75, 3.05) is 18.0 Å². The second-order valence-electron chi connectivity index (χ2n) is 6.21. The van der Waals surface area contributed by atoms with Crippen LogP contribution >= 0.6 is 0 Å². The van der Waals surface area contributed by atoms with Crippen molar-refractivity contribution < 1.29 is 9.21 Å². The highest BCUT2D eigenvalue weighted by Gasteiger charge is 2.20. The van der Waals surface area contributed by atoms with E-state index in [4.69, 9.17) is 4.42 Å². The lowest BCUT2D eigenvalue weighted by Crippen LogP contribution is -2.21. The number of carbonyl (C=O) groups is 1. The summed E-state index contributed by atoms with van der Waals surface area (Å²) >= 11 is 0. The molecule has 3 aromatic rings. The van der Waals surface area contributed by atoms with Crippen LogP contribution < -0.4 is 10.5 Å². The molecule has 0 radical (unpaired) electrons. The molecule has 0 unspecified atom stereocenters. The molecule has 0 atom stereocenters. The number of nitrogens with zero attached hydrogens (tertiary/aromatic N) is 2. The van der Waals surface area contributed by atoms with Gasteiger partial charge in [-0.15, -0.1) is 0 Å². The molecule has 2 aromatic carbocycles. The number of nitriles is 1. The third-order valence-corrected chi connectivity index (χ3v) is 4.60. The average Bonchev–Trinajstić information content (AvgIpc) is 2.72. The van der Waals surface area contributed by atoms with Crippen molar-refractivity contribution in [3.05, 3.63) is 81.7 Å². The molecule has 0 aliphatic carbocycles. The molecule has 0 saturated heterocycles. The van der Waals surface area contributed by atoms with Gasteiger partial charge in [-0.3, -0.25) is 4.79 Å². The van der Waals surface area contributed by atoms with Gasteiger partial charge in [0, 0.05) is 30.2 Å². The Bertz CT molecular complexity index is 1130. The molecule has 0 fully saturated rings. The number of carbonyl (C=O) groups excluding carboxylic acids is 1. The van der Waals surface area contributed by atoms with Gasteiger partial charge in [-0.05, 0) is 37.6 Å². The smallest absolute Gasteiger partial charge is 0.348 e. The van der Waals surface area contributed by atoms with Crippen molar-refractivity contribution in [2.45, 2.75) is 13.8 Å². The van der Waals surface area contributed by atoms with Crippen LogP contribution in [0.5, 0.6) is 0 Å². The SMILES string of the molecule is CCN(CC)c1ccc2c(C#N)c(C(=O)C=Cc3ccccc3)c(=O)oc2c1. The van der Waals surface area contributed by atoms with Gasteiger partial charge in [0.15, 0.2) is 5.78 Å². The van der Waals surface area contributed by atoms with E-state index in [-0.39, 0.29) is 11.1 Å². The van der Waals surface area contributed by atoms with Crippen molar-refractivity contribution >= 4 is 28.5 Å². The van der Waals surface area contributed by atoms with Crippen molar-refractivity contribution in [3.8, 4) is 6.07 Å². The third kappa shape index (κ3) is 3.72. The summed E-state index contributed by atoms with van der Waals surface area (Å²) in [5, 5.41) is 10.1. The molecule has 0 N–H and O–H groups in total. The summed E-state index contributed by atoms with van der Waals surface area (Å²) in [6, 6.07) is 16.6. The van der Waals surface area contributed by atoms with E-state index in [9.17, 15) is 14.9 Å². The summed E-state index contributed by atoms with van der Waals surface area (Å²) in [5.74, 6) is -0.552. The Morgan fingerprint density at radius 1 is 1.14 bits per heavy atom. The Kier molecular flexibility index (Phi) is 5.71. The molecule has 0 bridgehead atoms. The molecule has 0 aliphatic heterocycles. The van der Waals surface area contributed by atoms with E-state index >= 15 is 0 Å². The van der Waals surface area contributed by atoms with Gasteiger partial charge in [0.25, 0.3) is 0 Å². The summed E-state index contributed by atoms with van der Waals surface area (Å²) < 4.78 is 5.40. The lowest BCUT2D eigenvalue weighted by atomic mass is 10.0. The van der Waals surface area contributed by atoms with Crippen molar-refractivity contribution in [1.82, 2.24) is 0 Å². The van der Waals surface area contributed by atoms with Crippen molar-refractivity contribution in [2.24, 2.45) is 0 Å². The molecule has 5 heteroatoms. The molecule has 3 rings (SSSR count). The lowest BCUT2D eigenvalue weighted by molar-refractivity contribution is 0.104. The topological polar surface area (TPSA) is 74.3 Å². The fourth-order valence-electron chi connectivity index (χ4n) is 3.13. The van der Waals surface area contributed by atoms with Crippen LogP contribution in [0.1, 0.15) is 35.3 Å². The summed E-state index contributed by atoms with van der Waals surface area (Å²) in [7, 11) is 0. The zero-order valence-corrected chi connectivity index (χ0v) is 15.8. The quantitative estimate of drug-likeness (QED) is 0.364. The summed E-state index contributed by atoms with van der Waals surface area (Å²) in [6.07, 6.45) is 2.90. The number of benzene rings is 2. The zero-order chi connectivity index (χ0) is 20.1. The minimum Gasteiger partial charge on any atom is -0.422 e. The van der Waals surface area contributed by atoms with E-state index in [1.165, 1.54) is 6.08 Å². The molecule has 5 nitrogen and oxygen atoms in total. The maximum atomic E-state index is 12.6. The maximum Gasteiger partial charge on any atom is 0.348 e. The standard InChI is InChI=1S/C23H20N2O3/c1-3-25(4-2)17-11-12-18-19(15-24)22(23(27)28-21(18)14-17)20(26)13-10-16-8-6-5-7-9-16/h5-14H,3-4H2,1-2H3. The van der Waals surface area contributed by atoms with Crippen LogP contribution in [0, 0.1) is 11.3 Å². The Hall–Kier alpha value is -3.65. The summed E-state index contributed by atoms with van der Waals surface area (Å²) in [4.78, 5) is 27.2. The minimum absolute atomic E-state index is 0.0417. The van der Waals surface area contributed by atoms with E-state index < -0.39 is 11.4 Å². The normalized spacial score (nSPS) is 10.9. The molecular weight excluding hydrogens is 352 g/mol. The highest BCUT2D eigenvalue weighted by atomic mass is 16.4. The summed E-state index contributed by atoms with van der Waals surface area (Å²) in [6.45, 7) is 5.67. The Morgan fingerprint density at radius 3 is 2.50 bits per heavy atom. The monoisotopic (exact) mass is 372 g/mol. The third-order valence-electron chi connectivity index (χ3n) is 4.60. The first kappa shape index (κ1) is 19.1. The molecule has 28 heavy (non-hydrogen) atoms. The minimum atomic E-state index is -0.802. The Labute approximate surface area is 163 Å². The van der Waals surface area contributed by atoms with Gasteiger partial charge in [-0.25, -0.2) is 4.79 Å². The maximum absolute atomic E-state index is 12.6. The van der Waals surface area contributed by atoms with Gasteiger partial charge < -0.3 is 9.32 Å². The Morgan fingerprint density at radius 2 is 1.86 bits per heavy atom. The van der Waals surface area contributed by atoms with Crippen LogP contribution in [0.3, 0.4) is 0 Å². The number of rotatable bonds is 6. The highest BCUT2D eigenvalue weighted by molar-refractivity contribution is 6.10. The largest absolute Gasteiger partial charge is 0.422 e. The van der Waals surface area contributed by atoms with E-state index in [0.29, 0.717) is 11.0 Å². The second kappa shape index (κ2) is 8.36. The number of ketones is 1. The van der Waals surface area contributed by atoms with Gasteiger partial charge >= 0.3 is 5.63 Å². The molecule has 140 valence electrons. The number of anilines is 1. The van der Waals surface area contributed by atoms with E-state index in [2.05, 4.69) is 4.90 Å². The van der Waals surface area contributed by atoms with E-state index in [0.717, 1.165) is 24.3 Å². The molecule has 1 heterocycles. The first-order valence-corrected chi connectivity index (χ1v) is 9.12. The van der Waals surface area contributed by atoms with Crippen LogP contribution in [0.25, 0.3) is 17.0 Å². The molecule has 0 amide bonds. The van der Waals surface area contributed by atoms with Gasteiger partial charge in [-0.1, -0.05) is 36.4 Å². The molecule has 0 aliphatic rings. The molecule has 1 aromatic heterocycles. The fraction of sp³-hybridized carbons (Fsp3) is 0.174.